The maximum absolute atomic E-state index is 11.6. The summed E-state index contributed by atoms with van der Waals surface area (Å²) in [5, 5.41) is 9.54. The van der Waals surface area contributed by atoms with Gasteiger partial charge in [-0.2, -0.15) is 0 Å². The summed E-state index contributed by atoms with van der Waals surface area (Å²) in [5.41, 5.74) is 0. The van der Waals surface area contributed by atoms with Gasteiger partial charge in [-0.05, 0) is 43.9 Å². The van der Waals surface area contributed by atoms with Crippen LogP contribution in [0.25, 0.3) is 0 Å². The van der Waals surface area contributed by atoms with Crippen molar-refractivity contribution in [3.05, 3.63) is 0 Å². The van der Waals surface area contributed by atoms with Gasteiger partial charge < -0.3 is 5.11 Å². The average Bonchev–Trinajstić information content (AvgIpc) is 2.81. The highest BCUT2D eigenvalue weighted by atomic mass is 16.4. The third-order valence-corrected chi connectivity index (χ3v) is 5.64. The molecule has 0 aromatic carbocycles. The zero-order valence-electron chi connectivity index (χ0n) is 11.3. The number of rotatable bonds is 4. The minimum Gasteiger partial charge on any atom is -0.480 e. The Morgan fingerprint density at radius 1 is 1.28 bits per heavy atom. The van der Waals surface area contributed by atoms with Crippen molar-refractivity contribution in [1.82, 2.24) is 4.90 Å². The number of nitrogens with zero attached hydrogens (tertiary/aromatic N) is 1. The summed E-state index contributed by atoms with van der Waals surface area (Å²) in [4.78, 5) is 13.9. The van der Waals surface area contributed by atoms with Crippen LogP contribution in [-0.2, 0) is 4.79 Å². The highest BCUT2D eigenvalue weighted by Crippen LogP contribution is 2.44. The summed E-state index contributed by atoms with van der Waals surface area (Å²) in [6, 6.07) is 0.273. The van der Waals surface area contributed by atoms with Crippen LogP contribution in [0.1, 0.15) is 51.9 Å². The third kappa shape index (κ3) is 2.07. The molecule has 0 spiro atoms. The van der Waals surface area contributed by atoms with Gasteiger partial charge in [-0.3, -0.25) is 9.69 Å². The molecule has 0 bridgehead atoms. The molecule has 2 saturated carbocycles. The molecule has 0 aromatic heterocycles. The summed E-state index contributed by atoms with van der Waals surface area (Å²) in [7, 11) is 0. The first kappa shape index (κ1) is 12.5. The lowest BCUT2D eigenvalue weighted by atomic mass is 9.81. The molecule has 2 aliphatic carbocycles. The Morgan fingerprint density at radius 3 is 2.61 bits per heavy atom. The van der Waals surface area contributed by atoms with Crippen LogP contribution in [0.3, 0.4) is 0 Å². The van der Waals surface area contributed by atoms with E-state index < -0.39 is 5.97 Å². The minimum absolute atomic E-state index is 0.187. The van der Waals surface area contributed by atoms with Crippen LogP contribution in [0.2, 0.25) is 0 Å². The zero-order valence-corrected chi connectivity index (χ0v) is 11.3. The Hall–Kier alpha value is -0.570. The first-order valence-corrected chi connectivity index (χ1v) is 7.65. The molecule has 18 heavy (non-hydrogen) atoms. The molecule has 0 aromatic rings. The van der Waals surface area contributed by atoms with E-state index >= 15 is 0 Å². The molecule has 0 radical (unpaired) electrons. The number of carboxylic acid groups (broad SMARTS) is 1. The molecule has 3 nitrogen and oxygen atoms in total. The van der Waals surface area contributed by atoms with Gasteiger partial charge in [0.05, 0.1) is 0 Å². The molecule has 0 amide bonds. The van der Waals surface area contributed by atoms with Crippen molar-refractivity contribution in [2.45, 2.75) is 64.0 Å². The minimum atomic E-state index is -0.579. The summed E-state index contributed by atoms with van der Waals surface area (Å²) >= 11 is 0. The van der Waals surface area contributed by atoms with Crippen LogP contribution in [0.4, 0.5) is 0 Å². The lowest BCUT2D eigenvalue weighted by Crippen LogP contribution is -2.45. The Morgan fingerprint density at radius 2 is 2.00 bits per heavy atom. The monoisotopic (exact) mass is 251 g/mol. The molecular weight excluding hydrogens is 226 g/mol. The first-order valence-electron chi connectivity index (χ1n) is 7.65. The molecular formula is C15H25NO2. The average molecular weight is 251 g/mol. The Bertz CT molecular complexity index is 326. The molecule has 1 saturated heterocycles. The highest BCUT2D eigenvalue weighted by molar-refractivity contribution is 5.74. The zero-order chi connectivity index (χ0) is 12.7. The van der Waals surface area contributed by atoms with Crippen molar-refractivity contribution in [1.29, 1.82) is 0 Å². The van der Waals surface area contributed by atoms with E-state index in [0.29, 0.717) is 17.9 Å². The Balaban J connectivity index is 1.67. The van der Waals surface area contributed by atoms with Gasteiger partial charge in [0.2, 0.25) is 0 Å². The number of carbonyl (C=O) groups is 1. The van der Waals surface area contributed by atoms with Crippen LogP contribution in [-0.4, -0.2) is 34.6 Å². The second-order valence-electron chi connectivity index (χ2n) is 6.72. The fraction of sp³-hybridized carbons (Fsp3) is 0.933. The lowest BCUT2D eigenvalue weighted by Gasteiger charge is -2.35. The normalized spacial score (nSPS) is 38.4. The van der Waals surface area contributed by atoms with Crippen molar-refractivity contribution in [3.63, 3.8) is 0 Å². The van der Waals surface area contributed by atoms with Gasteiger partial charge in [0, 0.05) is 12.6 Å². The van der Waals surface area contributed by atoms with Gasteiger partial charge >= 0.3 is 5.97 Å². The SMILES string of the molecule is CC(CC1CCC1)N1CC2CCCC2C1C(=O)O. The van der Waals surface area contributed by atoms with Crippen LogP contribution < -0.4 is 0 Å². The van der Waals surface area contributed by atoms with Crippen LogP contribution >= 0.6 is 0 Å². The van der Waals surface area contributed by atoms with Crippen molar-refractivity contribution in [2.75, 3.05) is 6.54 Å². The van der Waals surface area contributed by atoms with Gasteiger partial charge in [0.1, 0.15) is 6.04 Å². The number of hydrogen-bond acceptors (Lipinski definition) is 2. The molecule has 1 aliphatic heterocycles. The van der Waals surface area contributed by atoms with E-state index in [2.05, 4.69) is 11.8 Å². The topological polar surface area (TPSA) is 40.5 Å². The Labute approximate surface area is 110 Å². The van der Waals surface area contributed by atoms with E-state index in [9.17, 15) is 9.90 Å². The standard InChI is InChI=1S/C15H25NO2/c1-10(8-11-4-2-5-11)16-9-12-6-3-7-13(12)14(16)15(17)18/h10-14H,2-9H2,1H3,(H,17,18). The van der Waals surface area contributed by atoms with Gasteiger partial charge in [0.15, 0.2) is 0 Å². The molecule has 3 heteroatoms. The third-order valence-electron chi connectivity index (χ3n) is 5.64. The molecule has 4 atom stereocenters. The molecule has 3 aliphatic rings. The van der Waals surface area contributed by atoms with Crippen LogP contribution in [0.5, 0.6) is 0 Å². The van der Waals surface area contributed by atoms with Gasteiger partial charge in [0.25, 0.3) is 0 Å². The molecule has 3 rings (SSSR count). The van der Waals surface area contributed by atoms with Gasteiger partial charge in [-0.15, -0.1) is 0 Å². The summed E-state index contributed by atoms with van der Waals surface area (Å²) in [6.45, 7) is 3.28. The number of aliphatic carboxylic acids is 1. The number of carboxylic acids is 1. The number of hydrogen-bond donors (Lipinski definition) is 1. The maximum Gasteiger partial charge on any atom is 0.321 e. The predicted octanol–water partition coefficient (Wildman–Crippen LogP) is 2.75. The van der Waals surface area contributed by atoms with E-state index in [1.807, 2.05) is 0 Å². The summed E-state index contributed by atoms with van der Waals surface area (Å²) in [6.07, 6.45) is 8.94. The molecule has 3 fully saturated rings. The predicted molar refractivity (Wildman–Crippen MR) is 70.4 cm³/mol. The van der Waals surface area contributed by atoms with Crippen LogP contribution in [0.15, 0.2) is 0 Å². The Kier molecular flexibility index (Phi) is 3.35. The van der Waals surface area contributed by atoms with E-state index in [0.717, 1.165) is 18.9 Å². The van der Waals surface area contributed by atoms with E-state index in [1.54, 1.807) is 0 Å². The summed E-state index contributed by atoms with van der Waals surface area (Å²) in [5.74, 6) is 1.39. The van der Waals surface area contributed by atoms with Crippen molar-refractivity contribution in [3.8, 4) is 0 Å². The van der Waals surface area contributed by atoms with Crippen molar-refractivity contribution >= 4 is 5.97 Å². The van der Waals surface area contributed by atoms with E-state index in [4.69, 9.17) is 0 Å². The van der Waals surface area contributed by atoms with Crippen LogP contribution in [0, 0.1) is 17.8 Å². The molecule has 1 N–H and O–H groups in total. The van der Waals surface area contributed by atoms with Gasteiger partial charge in [-0.1, -0.05) is 25.7 Å². The fourth-order valence-electron chi connectivity index (χ4n) is 4.46. The van der Waals surface area contributed by atoms with Crippen molar-refractivity contribution < 1.29 is 9.90 Å². The number of fused-ring (bicyclic) bond motifs is 1. The number of likely N-dealkylation sites (tertiary alicyclic amines) is 1. The first-order chi connectivity index (χ1) is 8.66. The summed E-state index contributed by atoms with van der Waals surface area (Å²) < 4.78 is 0. The molecule has 4 unspecified atom stereocenters. The van der Waals surface area contributed by atoms with Crippen molar-refractivity contribution in [2.24, 2.45) is 17.8 Å². The van der Waals surface area contributed by atoms with E-state index in [-0.39, 0.29) is 6.04 Å². The molecule has 1 heterocycles. The lowest BCUT2D eigenvalue weighted by molar-refractivity contribution is -0.144. The van der Waals surface area contributed by atoms with E-state index in [1.165, 1.54) is 38.5 Å². The smallest absolute Gasteiger partial charge is 0.321 e. The maximum atomic E-state index is 11.6. The quantitative estimate of drug-likeness (QED) is 0.835. The second-order valence-corrected chi connectivity index (χ2v) is 6.72. The van der Waals surface area contributed by atoms with Gasteiger partial charge in [-0.25, -0.2) is 0 Å². The second kappa shape index (κ2) is 4.84. The largest absolute Gasteiger partial charge is 0.480 e. The fourth-order valence-corrected chi connectivity index (χ4v) is 4.46. The highest BCUT2D eigenvalue weighted by Gasteiger charge is 2.49. The molecule has 102 valence electrons.